The SMILES string of the molecule is O=C(NCCNC(=O)c1cccs1)c1ccc(NC(=O)c2cccc(F)c2)cc1. The van der Waals surface area contributed by atoms with Crippen LogP contribution >= 0.6 is 11.3 Å². The summed E-state index contributed by atoms with van der Waals surface area (Å²) in [7, 11) is 0. The van der Waals surface area contributed by atoms with Crippen molar-refractivity contribution >= 4 is 34.7 Å². The zero-order valence-electron chi connectivity index (χ0n) is 15.3. The number of thiophene rings is 1. The topological polar surface area (TPSA) is 87.3 Å². The van der Waals surface area contributed by atoms with Crippen molar-refractivity contribution in [1.82, 2.24) is 10.6 Å². The van der Waals surface area contributed by atoms with Crippen LogP contribution in [0.4, 0.5) is 10.1 Å². The highest BCUT2D eigenvalue weighted by Crippen LogP contribution is 2.12. The van der Waals surface area contributed by atoms with Gasteiger partial charge in [0, 0.05) is 29.9 Å². The molecule has 3 N–H and O–H groups in total. The molecule has 0 fully saturated rings. The van der Waals surface area contributed by atoms with Gasteiger partial charge in [0.2, 0.25) is 0 Å². The zero-order chi connectivity index (χ0) is 20.6. The molecule has 0 unspecified atom stereocenters. The molecular formula is C21H18FN3O3S. The van der Waals surface area contributed by atoms with Crippen LogP contribution in [0.2, 0.25) is 0 Å². The first kappa shape index (κ1) is 20.2. The van der Waals surface area contributed by atoms with E-state index in [0.29, 0.717) is 22.7 Å². The summed E-state index contributed by atoms with van der Waals surface area (Å²) in [6, 6.07) is 15.2. The van der Waals surface area contributed by atoms with E-state index in [1.165, 1.54) is 29.5 Å². The number of nitrogens with one attached hydrogen (secondary N) is 3. The largest absolute Gasteiger partial charge is 0.350 e. The molecule has 6 nitrogen and oxygen atoms in total. The molecule has 0 aliphatic heterocycles. The van der Waals surface area contributed by atoms with Crippen molar-refractivity contribution in [2.75, 3.05) is 18.4 Å². The molecule has 0 aliphatic carbocycles. The number of carbonyl (C=O) groups excluding carboxylic acids is 3. The molecule has 0 radical (unpaired) electrons. The molecule has 1 heterocycles. The first-order valence-electron chi connectivity index (χ1n) is 8.80. The van der Waals surface area contributed by atoms with Gasteiger partial charge < -0.3 is 16.0 Å². The average molecular weight is 411 g/mol. The van der Waals surface area contributed by atoms with E-state index in [9.17, 15) is 18.8 Å². The van der Waals surface area contributed by atoms with E-state index in [1.54, 1.807) is 36.4 Å². The molecule has 3 aromatic rings. The standard InChI is InChI=1S/C21H18FN3O3S/c22-16-4-1-3-15(13-16)20(27)25-17-8-6-14(7-9-17)19(26)23-10-11-24-21(28)18-5-2-12-29-18/h1-9,12-13H,10-11H2,(H,23,26)(H,24,28)(H,25,27). The molecule has 8 heteroatoms. The maximum atomic E-state index is 13.2. The smallest absolute Gasteiger partial charge is 0.261 e. The Hall–Kier alpha value is -3.52. The highest BCUT2D eigenvalue weighted by molar-refractivity contribution is 7.12. The van der Waals surface area contributed by atoms with Crippen molar-refractivity contribution in [2.24, 2.45) is 0 Å². The van der Waals surface area contributed by atoms with Crippen LogP contribution in [0.1, 0.15) is 30.4 Å². The van der Waals surface area contributed by atoms with E-state index < -0.39 is 11.7 Å². The third-order valence-corrected chi connectivity index (χ3v) is 4.80. The minimum atomic E-state index is -0.490. The molecule has 0 saturated heterocycles. The lowest BCUT2D eigenvalue weighted by Gasteiger charge is -2.08. The van der Waals surface area contributed by atoms with Gasteiger partial charge in [-0.3, -0.25) is 14.4 Å². The lowest BCUT2D eigenvalue weighted by Crippen LogP contribution is -2.34. The van der Waals surface area contributed by atoms with Crippen molar-refractivity contribution in [3.05, 3.63) is 87.9 Å². The Kier molecular flexibility index (Phi) is 6.70. The van der Waals surface area contributed by atoms with Crippen molar-refractivity contribution in [1.29, 1.82) is 0 Å². The van der Waals surface area contributed by atoms with Crippen LogP contribution in [0, 0.1) is 5.82 Å². The fraction of sp³-hybridized carbons (Fsp3) is 0.0952. The van der Waals surface area contributed by atoms with E-state index in [4.69, 9.17) is 0 Å². The predicted octanol–water partition coefficient (Wildman–Crippen LogP) is 3.30. The summed E-state index contributed by atoms with van der Waals surface area (Å²) in [6.07, 6.45) is 0. The average Bonchev–Trinajstić information content (AvgIpc) is 3.26. The number of anilines is 1. The molecule has 0 atom stereocenters. The minimum absolute atomic E-state index is 0.173. The first-order valence-corrected chi connectivity index (χ1v) is 9.68. The second-order valence-electron chi connectivity index (χ2n) is 6.03. The predicted molar refractivity (Wildman–Crippen MR) is 110 cm³/mol. The highest BCUT2D eigenvalue weighted by atomic mass is 32.1. The second-order valence-corrected chi connectivity index (χ2v) is 6.98. The third-order valence-electron chi connectivity index (χ3n) is 3.93. The van der Waals surface area contributed by atoms with Crippen LogP contribution in [0.25, 0.3) is 0 Å². The monoisotopic (exact) mass is 411 g/mol. The second kappa shape index (κ2) is 9.61. The van der Waals surface area contributed by atoms with Crippen LogP contribution < -0.4 is 16.0 Å². The fourth-order valence-electron chi connectivity index (χ4n) is 2.49. The quantitative estimate of drug-likeness (QED) is 0.522. The van der Waals surface area contributed by atoms with Gasteiger partial charge in [0.15, 0.2) is 0 Å². The molecular weight excluding hydrogens is 393 g/mol. The maximum Gasteiger partial charge on any atom is 0.261 e. The van der Waals surface area contributed by atoms with Gasteiger partial charge in [0.1, 0.15) is 5.82 Å². The van der Waals surface area contributed by atoms with E-state index in [2.05, 4.69) is 16.0 Å². The Morgan fingerprint density at radius 1 is 0.793 bits per heavy atom. The van der Waals surface area contributed by atoms with Crippen LogP contribution in [-0.4, -0.2) is 30.8 Å². The van der Waals surface area contributed by atoms with Gasteiger partial charge in [-0.15, -0.1) is 11.3 Å². The lowest BCUT2D eigenvalue weighted by atomic mass is 10.1. The van der Waals surface area contributed by atoms with Crippen molar-refractivity contribution < 1.29 is 18.8 Å². The van der Waals surface area contributed by atoms with E-state index in [-0.39, 0.29) is 23.9 Å². The fourth-order valence-corrected chi connectivity index (χ4v) is 3.13. The van der Waals surface area contributed by atoms with Crippen LogP contribution in [0.3, 0.4) is 0 Å². The van der Waals surface area contributed by atoms with Crippen LogP contribution in [0.15, 0.2) is 66.0 Å². The molecule has 2 aromatic carbocycles. The number of hydrogen-bond acceptors (Lipinski definition) is 4. The number of halogens is 1. The number of hydrogen-bond donors (Lipinski definition) is 3. The van der Waals surface area contributed by atoms with Gasteiger partial charge in [-0.05, 0) is 53.9 Å². The van der Waals surface area contributed by atoms with E-state index in [0.717, 1.165) is 6.07 Å². The van der Waals surface area contributed by atoms with Gasteiger partial charge in [-0.1, -0.05) is 12.1 Å². The first-order chi connectivity index (χ1) is 14.0. The molecule has 0 saturated carbocycles. The molecule has 3 rings (SSSR count). The molecule has 29 heavy (non-hydrogen) atoms. The number of rotatable bonds is 7. The zero-order valence-corrected chi connectivity index (χ0v) is 16.1. The van der Waals surface area contributed by atoms with Gasteiger partial charge in [-0.25, -0.2) is 4.39 Å². The Balaban J connectivity index is 1.46. The summed E-state index contributed by atoms with van der Waals surface area (Å²) in [6.45, 7) is 0.595. The van der Waals surface area contributed by atoms with E-state index in [1.807, 2.05) is 5.38 Å². The molecule has 0 aliphatic rings. The summed E-state index contributed by atoms with van der Waals surface area (Å²) < 4.78 is 13.2. The molecule has 148 valence electrons. The summed E-state index contributed by atoms with van der Waals surface area (Å²) in [4.78, 5) is 36.7. The maximum absolute atomic E-state index is 13.2. The highest BCUT2D eigenvalue weighted by Gasteiger charge is 2.09. The van der Waals surface area contributed by atoms with Crippen molar-refractivity contribution in [2.45, 2.75) is 0 Å². The van der Waals surface area contributed by atoms with Crippen LogP contribution in [0.5, 0.6) is 0 Å². The normalized spacial score (nSPS) is 10.2. The van der Waals surface area contributed by atoms with Crippen molar-refractivity contribution in [3.63, 3.8) is 0 Å². The van der Waals surface area contributed by atoms with Gasteiger partial charge in [-0.2, -0.15) is 0 Å². The lowest BCUT2D eigenvalue weighted by molar-refractivity contribution is 0.0929. The Morgan fingerprint density at radius 2 is 1.52 bits per heavy atom. The Labute approximate surface area is 170 Å². The van der Waals surface area contributed by atoms with Gasteiger partial charge >= 0.3 is 0 Å². The van der Waals surface area contributed by atoms with Gasteiger partial charge in [0.25, 0.3) is 17.7 Å². The Bertz CT molecular complexity index is 1000. The third kappa shape index (κ3) is 5.73. The van der Waals surface area contributed by atoms with E-state index >= 15 is 0 Å². The summed E-state index contributed by atoms with van der Waals surface area (Å²) >= 11 is 1.35. The summed E-state index contributed by atoms with van der Waals surface area (Å²) in [5.74, 6) is -1.40. The molecule has 1 aromatic heterocycles. The minimum Gasteiger partial charge on any atom is -0.350 e. The number of benzene rings is 2. The van der Waals surface area contributed by atoms with Crippen molar-refractivity contribution in [3.8, 4) is 0 Å². The van der Waals surface area contributed by atoms with Gasteiger partial charge in [0.05, 0.1) is 4.88 Å². The molecule has 0 bridgehead atoms. The number of amides is 3. The Morgan fingerprint density at radius 3 is 2.17 bits per heavy atom. The molecule has 0 spiro atoms. The summed E-state index contributed by atoms with van der Waals surface area (Å²) in [5.41, 5.74) is 1.11. The number of carbonyl (C=O) groups is 3. The molecule has 3 amide bonds. The summed E-state index contributed by atoms with van der Waals surface area (Å²) in [5, 5.41) is 9.90. The van der Waals surface area contributed by atoms with Crippen LogP contribution in [-0.2, 0) is 0 Å².